The first kappa shape index (κ1) is 13.6. The monoisotopic (exact) mass is 296 g/mol. The summed E-state index contributed by atoms with van der Waals surface area (Å²) in [6, 6.07) is 17.5. The molecule has 1 heterocycles. The van der Waals surface area contributed by atoms with Crippen molar-refractivity contribution in [2.24, 2.45) is 0 Å². The van der Waals surface area contributed by atoms with E-state index in [0.717, 1.165) is 27.4 Å². The van der Waals surface area contributed by atoms with Crippen molar-refractivity contribution in [2.45, 2.75) is 6.92 Å². The summed E-state index contributed by atoms with van der Waals surface area (Å²) in [6.07, 6.45) is 0. The Hall–Kier alpha value is -2.39. The van der Waals surface area contributed by atoms with Crippen LogP contribution in [-0.4, -0.2) is 10.2 Å². The van der Waals surface area contributed by atoms with Crippen molar-refractivity contribution >= 4 is 11.6 Å². The minimum absolute atomic E-state index is 0.156. The van der Waals surface area contributed by atoms with Crippen LogP contribution >= 0.6 is 11.6 Å². The van der Waals surface area contributed by atoms with Crippen molar-refractivity contribution in [2.75, 3.05) is 0 Å². The Kier molecular flexibility index (Phi) is 3.59. The van der Waals surface area contributed by atoms with Crippen LogP contribution in [0.25, 0.3) is 22.4 Å². The fraction of sp³-hybridized carbons (Fsp3) is 0.0588. The van der Waals surface area contributed by atoms with Gasteiger partial charge in [0, 0.05) is 16.1 Å². The van der Waals surface area contributed by atoms with Crippen molar-refractivity contribution in [3.05, 3.63) is 75.5 Å². The maximum atomic E-state index is 11.3. The van der Waals surface area contributed by atoms with Gasteiger partial charge in [-0.1, -0.05) is 48.0 Å². The van der Waals surface area contributed by atoms with Gasteiger partial charge in [-0.25, -0.2) is 5.10 Å². The van der Waals surface area contributed by atoms with Gasteiger partial charge in [-0.2, -0.15) is 5.10 Å². The molecule has 2 aromatic carbocycles. The molecule has 4 heteroatoms. The van der Waals surface area contributed by atoms with Gasteiger partial charge in [0.15, 0.2) is 0 Å². The molecule has 0 bridgehead atoms. The van der Waals surface area contributed by atoms with Gasteiger partial charge in [0.25, 0.3) is 5.56 Å². The highest BCUT2D eigenvalue weighted by Gasteiger charge is 2.03. The molecule has 0 aliphatic rings. The van der Waals surface area contributed by atoms with Gasteiger partial charge < -0.3 is 0 Å². The number of aromatic nitrogens is 2. The van der Waals surface area contributed by atoms with Crippen LogP contribution in [-0.2, 0) is 0 Å². The molecule has 0 unspecified atom stereocenters. The fourth-order valence-electron chi connectivity index (χ4n) is 2.13. The second-order valence-electron chi connectivity index (χ2n) is 4.85. The topological polar surface area (TPSA) is 45.8 Å². The van der Waals surface area contributed by atoms with E-state index in [1.807, 2.05) is 48.5 Å². The van der Waals surface area contributed by atoms with Crippen molar-refractivity contribution in [1.82, 2.24) is 10.2 Å². The first-order chi connectivity index (χ1) is 10.1. The summed E-state index contributed by atoms with van der Waals surface area (Å²) in [5.41, 5.74) is 4.44. The molecule has 0 atom stereocenters. The van der Waals surface area contributed by atoms with E-state index < -0.39 is 0 Å². The number of aryl methyl sites for hydroxylation is 1. The third kappa shape index (κ3) is 2.88. The van der Waals surface area contributed by atoms with E-state index in [-0.39, 0.29) is 5.56 Å². The van der Waals surface area contributed by atoms with E-state index in [1.165, 1.54) is 0 Å². The largest absolute Gasteiger partial charge is 0.268 e. The van der Waals surface area contributed by atoms with Crippen LogP contribution in [0.1, 0.15) is 5.56 Å². The van der Waals surface area contributed by atoms with Crippen LogP contribution in [0.5, 0.6) is 0 Å². The zero-order valence-electron chi connectivity index (χ0n) is 11.4. The highest BCUT2D eigenvalue weighted by atomic mass is 35.5. The lowest BCUT2D eigenvalue weighted by atomic mass is 10.0. The molecule has 3 aromatic rings. The van der Waals surface area contributed by atoms with E-state index in [2.05, 4.69) is 10.2 Å². The van der Waals surface area contributed by atoms with Gasteiger partial charge in [0.1, 0.15) is 0 Å². The average molecular weight is 297 g/mol. The van der Waals surface area contributed by atoms with E-state index in [4.69, 9.17) is 11.6 Å². The molecule has 0 amide bonds. The number of rotatable bonds is 2. The Morgan fingerprint density at radius 3 is 2.00 bits per heavy atom. The molecule has 0 saturated heterocycles. The highest BCUT2D eigenvalue weighted by molar-refractivity contribution is 6.30. The van der Waals surface area contributed by atoms with Gasteiger partial charge in [-0.3, -0.25) is 4.79 Å². The molecule has 0 aliphatic carbocycles. The number of aromatic amines is 1. The van der Waals surface area contributed by atoms with Crippen LogP contribution in [0.4, 0.5) is 0 Å². The molecule has 21 heavy (non-hydrogen) atoms. The second kappa shape index (κ2) is 5.54. The normalized spacial score (nSPS) is 10.6. The Labute approximate surface area is 127 Å². The predicted octanol–water partition coefficient (Wildman–Crippen LogP) is 4.07. The molecular formula is C17H13ClN2O. The summed E-state index contributed by atoms with van der Waals surface area (Å²) in [4.78, 5) is 11.3. The van der Waals surface area contributed by atoms with Crippen molar-refractivity contribution in [1.29, 1.82) is 0 Å². The quantitative estimate of drug-likeness (QED) is 0.775. The van der Waals surface area contributed by atoms with Crippen LogP contribution in [0.15, 0.2) is 59.4 Å². The molecular weight excluding hydrogens is 284 g/mol. The minimum atomic E-state index is -0.156. The van der Waals surface area contributed by atoms with Crippen LogP contribution in [0.2, 0.25) is 5.02 Å². The van der Waals surface area contributed by atoms with Crippen LogP contribution in [0, 0.1) is 6.92 Å². The number of hydrogen-bond acceptors (Lipinski definition) is 2. The number of nitrogens with zero attached hydrogens (tertiary/aromatic N) is 1. The molecule has 0 saturated carbocycles. The third-order valence-electron chi connectivity index (χ3n) is 3.35. The number of nitrogens with one attached hydrogen (secondary N) is 1. The molecule has 1 aromatic heterocycles. The van der Waals surface area contributed by atoms with Crippen molar-refractivity contribution in [3.8, 4) is 22.4 Å². The zero-order valence-corrected chi connectivity index (χ0v) is 12.2. The SMILES string of the molecule is Cc1cc(-c2ccc(-c3ccc(Cl)cc3)cc2)n[nH]c1=O. The maximum Gasteiger partial charge on any atom is 0.267 e. The second-order valence-corrected chi connectivity index (χ2v) is 5.29. The Morgan fingerprint density at radius 2 is 1.43 bits per heavy atom. The number of hydrogen-bond donors (Lipinski definition) is 1. The Bertz CT molecular complexity index is 821. The van der Waals surface area contributed by atoms with Gasteiger partial charge in [-0.15, -0.1) is 0 Å². The predicted molar refractivity (Wildman–Crippen MR) is 85.5 cm³/mol. The van der Waals surface area contributed by atoms with Crippen LogP contribution in [0.3, 0.4) is 0 Å². The van der Waals surface area contributed by atoms with Gasteiger partial charge >= 0.3 is 0 Å². The molecule has 3 nitrogen and oxygen atoms in total. The Morgan fingerprint density at radius 1 is 0.905 bits per heavy atom. The summed E-state index contributed by atoms with van der Waals surface area (Å²) in [5, 5.41) is 7.29. The van der Waals surface area contributed by atoms with E-state index >= 15 is 0 Å². The van der Waals surface area contributed by atoms with Gasteiger partial charge in [0.2, 0.25) is 0 Å². The van der Waals surface area contributed by atoms with E-state index in [1.54, 1.807) is 13.0 Å². The zero-order chi connectivity index (χ0) is 14.8. The summed E-state index contributed by atoms with van der Waals surface area (Å²) < 4.78 is 0. The number of halogens is 1. The summed E-state index contributed by atoms with van der Waals surface area (Å²) in [6.45, 7) is 1.77. The molecule has 104 valence electrons. The molecule has 0 spiro atoms. The first-order valence-electron chi connectivity index (χ1n) is 6.56. The molecule has 1 N–H and O–H groups in total. The smallest absolute Gasteiger partial charge is 0.267 e. The van der Waals surface area contributed by atoms with E-state index in [9.17, 15) is 4.79 Å². The molecule has 3 rings (SSSR count). The molecule has 0 radical (unpaired) electrons. The molecule has 0 fully saturated rings. The lowest BCUT2D eigenvalue weighted by Crippen LogP contribution is -2.11. The third-order valence-corrected chi connectivity index (χ3v) is 3.60. The number of H-pyrrole nitrogens is 1. The lowest BCUT2D eigenvalue weighted by Gasteiger charge is -2.05. The lowest BCUT2D eigenvalue weighted by molar-refractivity contribution is 0.976. The number of benzene rings is 2. The van der Waals surface area contributed by atoms with Gasteiger partial charge in [-0.05, 0) is 36.2 Å². The first-order valence-corrected chi connectivity index (χ1v) is 6.94. The summed E-state index contributed by atoms with van der Waals surface area (Å²) >= 11 is 5.89. The maximum absolute atomic E-state index is 11.3. The molecule has 0 aliphatic heterocycles. The summed E-state index contributed by atoms with van der Waals surface area (Å²) in [5.74, 6) is 0. The van der Waals surface area contributed by atoms with Crippen molar-refractivity contribution < 1.29 is 0 Å². The standard InChI is InChI=1S/C17H13ClN2O/c1-11-10-16(19-20-17(11)21)14-4-2-12(3-5-14)13-6-8-15(18)9-7-13/h2-10H,1H3,(H,20,21). The fourth-order valence-corrected chi connectivity index (χ4v) is 2.25. The van der Waals surface area contributed by atoms with Crippen LogP contribution < -0.4 is 5.56 Å². The van der Waals surface area contributed by atoms with Crippen molar-refractivity contribution in [3.63, 3.8) is 0 Å². The highest BCUT2D eigenvalue weighted by Crippen LogP contribution is 2.24. The van der Waals surface area contributed by atoms with E-state index in [0.29, 0.717) is 5.56 Å². The summed E-state index contributed by atoms with van der Waals surface area (Å²) in [7, 11) is 0. The van der Waals surface area contributed by atoms with Gasteiger partial charge in [0.05, 0.1) is 5.69 Å². The average Bonchev–Trinajstić information content (AvgIpc) is 2.51. The Balaban J connectivity index is 1.95. The minimum Gasteiger partial charge on any atom is -0.268 e.